The summed E-state index contributed by atoms with van der Waals surface area (Å²) in [6.07, 6.45) is 0.478. The summed E-state index contributed by atoms with van der Waals surface area (Å²) < 4.78 is 0. The number of carbonyl (C=O) groups excluding carboxylic acids is 2. The van der Waals surface area contributed by atoms with Gasteiger partial charge in [0.25, 0.3) is 0 Å². The molecule has 1 aromatic carbocycles. The predicted octanol–water partition coefficient (Wildman–Crippen LogP) is 0.778. The van der Waals surface area contributed by atoms with Gasteiger partial charge in [-0.2, -0.15) is 5.26 Å². The average Bonchev–Trinajstić information content (AvgIpc) is 2.16. The summed E-state index contributed by atoms with van der Waals surface area (Å²) in [5.41, 5.74) is 6.06. The standard InChI is InChI=1S/C10H8N2O2/c1-6-2-3-7(4-11)8(5-13)9(6)10(12)14/h2-3,5H,1H3,(H2,12,14). The fraction of sp³-hybridized carbons (Fsp3) is 0.100. The molecule has 1 amide bonds. The number of carbonyl (C=O) groups is 2. The first kappa shape index (κ1) is 9.93. The Morgan fingerprint density at radius 3 is 2.64 bits per heavy atom. The van der Waals surface area contributed by atoms with Crippen LogP contribution < -0.4 is 5.73 Å². The lowest BCUT2D eigenvalue weighted by molar-refractivity contribution is 0.0992. The van der Waals surface area contributed by atoms with E-state index in [9.17, 15) is 9.59 Å². The third-order valence-electron chi connectivity index (χ3n) is 1.94. The van der Waals surface area contributed by atoms with Crippen molar-refractivity contribution in [1.29, 1.82) is 5.26 Å². The number of nitrogens with zero attached hydrogens (tertiary/aromatic N) is 1. The molecule has 14 heavy (non-hydrogen) atoms. The van der Waals surface area contributed by atoms with Gasteiger partial charge in [-0.1, -0.05) is 6.07 Å². The molecule has 0 heterocycles. The van der Waals surface area contributed by atoms with Gasteiger partial charge < -0.3 is 5.73 Å². The second-order valence-electron chi connectivity index (χ2n) is 2.81. The molecule has 0 aliphatic heterocycles. The third-order valence-corrected chi connectivity index (χ3v) is 1.94. The largest absolute Gasteiger partial charge is 0.366 e. The zero-order valence-corrected chi connectivity index (χ0v) is 7.57. The number of hydrogen-bond acceptors (Lipinski definition) is 3. The number of amides is 1. The zero-order chi connectivity index (χ0) is 10.7. The van der Waals surface area contributed by atoms with Crippen LogP contribution in [0.25, 0.3) is 0 Å². The molecule has 0 saturated heterocycles. The number of nitriles is 1. The first-order valence-electron chi connectivity index (χ1n) is 3.90. The molecular weight excluding hydrogens is 180 g/mol. The molecule has 0 radical (unpaired) electrons. The first-order valence-corrected chi connectivity index (χ1v) is 3.90. The van der Waals surface area contributed by atoms with E-state index in [1.807, 2.05) is 6.07 Å². The Hall–Kier alpha value is -2.15. The quantitative estimate of drug-likeness (QED) is 0.696. The molecule has 0 fully saturated rings. The van der Waals surface area contributed by atoms with E-state index in [0.29, 0.717) is 11.8 Å². The molecule has 4 heteroatoms. The molecule has 2 N–H and O–H groups in total. The number of aryl methyl sites for hydroxylation is 1. The van der Waals surface area contributed by atoms with Crippen LogP contribution >= 0.6 is 0 Å². The fourth-order valence-electron chi connectivity index (χ4n) is 1.28. The Morgan fingerprint density at radius 1 is 1.57 bits per heavy atom. The number of nitrogens with two attached hydrogens (primary N) is 1. The average molecular weight is 188 g/mol. The monoisotopic (exact) mass is 188 g/mol. The van der Waals surface area contributed by atoms with Crippen LogP contribution in [0.4, 0.5) is 0 Å². The van der Waals surface area contributed by atoms with Crippen molar-refractivity contribution in [2.45, 2.75) is 6.92 Å². The van der Waals surface area contributed by atoms with Crippen LogP contribution in [0, 0.1) is 18.3 Å². The Bertz CT molecular complexity index is 444. The molecule has 0 bridgehead atoms. The molecular formula is C10H8N2O2. The van der Waals surface area contributed by atoms with Gasteiger partial charge in [0, 0.05) is 5.56 Å². The van der Waals surface area contributed by atoms with Crippen molar-refractivity contribution in [3.8, 4) is 6.07 Å². The summed E-state index contributed by atoms with van der Waals surface area (Å²) in [7, 11) is 0. The first-order chi connectivity index (χ1) is 6.61. The van der Waals surface area contributed by atoms with Gasteiger partial charge in [-0.25, -0.2) is 0 Å². The summed E-state index contributed by atoms with van der Waals surface area (Å²) in [6.45, 7) is 1.66. The van der Waals surface area contributed by atoms with E-state index in [2.05, 4.69) is 0 Å². The highest BCUT2D eigenvalue weighted by molar-refractivity contribution is 6.03. The second kappa shape index (κ2) is 3.71. The van der Waals surface area contributed by atoms with Gasteiger partial charge >= 0.3 is 0 Å². The molecule has 0 spiro atoms. The van der Waals surface area contributed by atoms with Crippen LogP contribution in [0.2, 0.25) is 0 Å². The van der Waals surface area contributed by atoms with Crippen LogP contribution in [0.5, 0.6) is 0 Å². The maximum absolute atomic E-state index is 11.0. The SMILES string of the molecule is Cc1ccc(C#N)c(C=O)c1C(N)=O. The van der Waals surface area contributed by atoms with E-state index < -0.39 is 5.91 Å². The topological polar surface area (TPSA) is 83.9 Å². The van der Waals surface area contributed by atoms with Crippen molar-refractivity contribution < 1.29 is 9.59 Å². The summed E-state index contributed by atoms with van der Waals surface area (Å²) in [4.78, 5) is 21.7. The number of benzene rings is 1. The minimum Gasteiger partial charge on any atom is -0.366 e. The summed E-state index contributed by atoms with van der Waals surface area (Å²) in [6, 6.07) is 4.91. The van der Waals surface area contributed by atoms with Crippen molar-refractivity contribution in [2.75, 3.05) is 0 Å². The van der Waals surface area contributed by atoms with Crippen molar-refractivity contribution >= 4 is 12.2 Å². The smallest absolute Gasteiger partial charge is 0.249 e. The van der Waals surface area contributed by atoms with Gasteiger partial charge in [0.05, 0.1) is 17.2 Å². The molecule has 0 atom stereocenters. The lowest BCUT2D eigenvalue weighted by Crippen LogP contribution is -2.16. The van der Waals surface area contributed by atoms with Crippen molar-refractivity contribution in [2.24, 2.45) is 5.73 Å². The van der Waals surface area contributed by atoms with E-state index in [1.165, 1.54) is 6.07 Å². The maximum atomic E-state index is 11.0. The summed E-state index contributed by atoms with van der Waals surface area (Å²) in [5, 5.41) is 8.69. The number of primary amides is 1. The molecule has 0 aromatic heterocycles. The lowest BCUT2D eigenvalue weighted by Gasteiger charge is -2.05. The third kappa shape index (κ3) is 1.48. The van der Waals surface area contributed by atoms with Crippen molar-refractivity contribution in [3.05, 3.63) is 34.4 Å². The van der Waals surface area contributed by atoms with Gasteiger partial charge in [-0.15, -0.1) is 0 Å². The zero-order valence-electron chi connectivity index (χ0n) is 7.57. The van der Waals surface area contributed by atoms with E-state index >= 15 is 0 Å². The van der Waals surface area contributed by atoms with Gasteiger partial charge in [-0.3, -0.25) is 9.59 Å². The van der Waals surface area contributed by atoms with Crippen molar-refractivity contribution in [3.63, 3.8) is 0 Å². The molecule has 0 saturated carbocycles. The molecule has 0 aliphatic carbocycles. The van der Waals surface area contributed by atoms with E-state index in [4.69, 9.17) is 11.0 Å². The molecule has 4 nitrogen and oxygen atoms in total. The molecule has 70 valence electrons. The van der Waals surface area contributed by atoms with Crippen LogP contribution in [-0.4, -0.2) is 12.2 Å². The van der Waals surface area contributed by atoms with Crippen LogP contribution in [0.15, 0.2) is 12.1 Å². The molecule has 1 rings (SSSR count). The van der Waals surface area contributed by atoms with E-state index in [0.717, 1.165) is 0 Å². The highest BCUT2D eigenvalue weighted by Crippen LogP contribution is 2.16. The van der Waals surface area contributed by atoms with Crippen molar-refractivity contribution in [1.82, 2.24) is 0 Å². The Balaban J connectivity index is 3.61. The van der Waals surface area contributed by atoms with Gasteiger partial charge in [-0.05, 0) is 18.6 Å². The van der Waals surface area contributed by atoms with Gasteiger partial charge in [0.1, 0.15) is 0 Å². The predicted molar refractivity (Wildman–Crippen MR) is 49.8 cm³/mol. The van der Waals surface area contributed by atoms with Crippen LogP contribution in [0.3, 0.4) is 0 Å². The summed E-state index contributed by atoms with van der Waals surface area (Å²) >= 11 is 0. The normalized spacial score (nSPS) is 9.14. The molecule has 0 unspecified atom stereocenters. The van der Waals surface area contributed by atoms with E-state index in [1.54, 1.807) is 13.0 Å². The second-order valence-corrected chi connectivity index (χ2v) is 2.81. The molecule has 0 aliphatic rings. The Morgan fingerprint density at radius 2 is 2.21 bits per heavy atom. The highest BCUT2D eigenvalue weighted by atomic mass is 16.1. The lowest BCUT2D eigenvalue weighted by atomic mass is 9.97. The van der Waals surface area contributed by atoms with E-state index in [-0.39, 0.29) is 16.7 Å². The highest BCUT2D eigenvalue weighted by Gasteiger charge is 2.14. The number of aldehydes is 1. The van der Waals surface area contributed by atoms with Crippen LogP contribution in [-0.2, 0) is 0 Å². The Labute approximate surface area is 80.9 Å². The maximum Gasteiger partial charge on any atom is 0.249 e. The van der Waals surface area contributed by atoms with Gasteiger partial charge in [0.15, 0.2) is 6.29 Å². The minimum absolute atomic E-state index is 0.0694. The Kier molecular flexibility index (Phi) is 2.63. The minimum atomic E-state index is -0.693. The number of rotatable bonds is 2. The number of hydrogen-bond donors (Lipinski definition) is 1. The van der Waals surface area contributed by atoms with Gasteiger partial charge in [0.2, 0.25) is 5.91 Å². The van der Waals surface area contributed by atoms with Crippen LogP contribution in [0.1, 0.15) is 31.8 Å². The fourth-order valence-corrected chi connectivity index (χ4v) is 1.28. The molecule has 1 aromatic rings. The summed E-state index contributed by atoms with van der Waals surface area (Å²) in [5.74, 6) is -0.693.